The number of nitrogens with one attached hydrogen (secondary N) is 1. The van der Waals surface area contributed by atoms with Crippen molar-refractivity contribution < 1.29 is 4.79 Å². The van der Waals surface area contributed by atoms with Crippen molar-refractivity contribution in [2.45, 2.75) is 6.17 Å². The highest BCUT2D eigenvalue weighted by Crippen LogP contribution is 2.38. The molecule has 1 N–H and O–H groups in total. The summed E-state index contributed by atoms with van der Waals surface area (Å²) in [5.74, 6) is 0.363. The number of nitrogens with zero attached hydrogens (tertiary/aromatic N) is 2. The average molecular weight is 405 g/mol. The number of carbonyl (C=O) groups is 1. The number of carbonyl (C=O) groups excluding carboxylic acids is 1. The number of hydrogen-bond acceptors (Lipinski definition) is 3. The van der Waals surface area contributed by atoms with Crippen molar-refractivity contribution in [2.75, 3.05) is 10.2 Å². The van der Waals surface area contributed by atoms with Crippen molar-refractivity contribution in [1.29, 1.82) is 0 Å². The maximum absolute atomic E-state index is 13.0. The van der Waals surface area contributed by atoms with Gasteiger partial charge in [-0.15, -0.1) is 0 Å². The fourth-order valence-electron chi connectivity index (χ4n) is 3.00. The zero-order valence-corrected chi connectivity index (χ0v) is 15.6. The Morgan fingerprint density at radius 2 is 1.65 bits per heavy atom. The van der Waals surface area contributed by atoms with E-state index >= 15 is 0 Å². The van der Waals surface area contributed by atoms with E-state index < -0.39 is 6.17 Å². The van der Waals surface area contributed by atoms with Gasteiger partial charge in [-0.3, -0.25) is 9.69 Å². The minimum Gasteiger partial charge on any atom is -0.361 e. The molecular formula is C19H12Cl3N3O. The molecule has 1 amide bonds. The second-order valence-electron chi connectivity index (χ2n) is 5.80. The van der Waals surface area contributed by atoms with Crippen molar-refractivity contribution in [3.63, 3.8) is 0 Å². The predicted molar refractivity (Wildman–Crippen MR) is 105 cm³/mol. The van der Waals surface area contributed by atoms with Gasteiger partial charge in [-0.1, -0.05) is 53.0 Å². The van der Waals surface area contributed by atoms with Crippen LogP contribution in [0.15, 0.2) is 60.8 Å². The van der Waals surface area contributed by atoms with Gasteiger partial charge in [-0.2, -0.15) is 0 Å². The quantitative estimate of drug-likeness (QED) is 0.599. The highest BCUT2D eigenvalue weighted by atomic mass is 35.5. The fraction of sp³-hybridized carbons (Fsp3) is 0.0526. The smallest absolute Gasteiger partial charge is 0.261 e. The van der Waals surface area contributed by atoms with E-state index in [9.17, 15) is 4.79 Å². The molecule has 0 bridgehead atoms. The lowest BCUT2D eigenvalue weighted by Gasteiger charge is -2.26. The standard InChI is InChI=1S/C19H12Cl3N3O/c20-11-5-6-17(23-10-11)25-18(15-3-1-2-4-16(15)19(25)26)24-14-8-12(21)7-13(22)9-14/h1-10,18,24H. The number of benzene rings is 2. The van der Waals surface area contributed by atoms with Crippen LogP contribution in [0.5, 0.6) is 0 Å². The zero-order chi connectivity index (χ0) is 18.3. The van der Waals surface area contributed by atoms with Crippen LogP contribution in [0.3, 0.4) is 0 Å². The van der Waals surface area contributed by atoms with Crippen LogP contribution >= 0.6 is 34.8 Å². The minimum absolute atomic E-state index is 0.138. The van der Waals surface area contributed by atoms with Crippen LogP contribution in [0, 0.1) is 0 Å². The van der Waals surface area contributed by atoms with Crippen molar-refractivity contribution in [2.24, 2.45) is 0 Å². The van der Waals surface area contributed by atoms with E-state index in [0.29, 0.717) is 32.1 Å². The summed E-state index contributed by atoms with van der Waals surface area (Å²) in [6, 6.07) is 16.0. The molecule has 0 spiro atoms. The summed E-state index contributed by atoms with van der Waals surface area (Å²) in [7, 11) is 0. The predicted octanol–water partition coefficient (Wildman–Crippen LogP) is 5.81. The number of rotatable bonds is 3. The molecule has 4 rings (SSSR count). The van der Waals surface area contributed by atoms with Gasteiger partial charge >= 0.3 is 0 Å². The SMILES string of the molecule is O=C1c2ccccc2C(Nc2cc(Cl)cc(Cl)c2)N1c1ccc(Cl)cn1. The van der Waals surface area contributed by atoms with E-state index in [4.69, 9.17) is 34.8 Å². The first-order valence-corrected chi connectivity index (χ1v) is 8.93. The Labute approximate surface area is 165 Å². The molecule has 1 unspecified atom stereocenters. The van der Waals surface area contributed by atoms with Crippen molar-refractivity contribution in [3.05, 3.63) is 87.0 Å². The van der Waals surface area contributed by atoms with E-state index in [2.05, 4.69) is 10.3 Å². The Bertz CT molecular complexity index is 971. The van der Waals surface area contributed by atoms with E-state index in [1.807, 2.05) is 18.2 Å². The second-order valence-corrected chi connectivity index (χ2v) is 7.11. The molecule has 3 aromatic rings. The summed E-state index contributed by atoms with van der Waals surface area (Å²) in [5.41, 5.74) is 2.18. The number of hydrogen-bond donors (Lipinski definition) is 1. The maximum Gasteiger partial charge on any atom is 0.261 e. The van der Waals surface area contributed by atoms with Gasteiger partial charge < -0.3 is 5.32 Å². The molecule has 0 aliphatic carbocycles. The van der Waals surface area contributed by atoms with Gasteiger partial charge in [0.05, 0.1) is 5.02 Å². The number of pyridine rings is 1. The summed E-state index contributed by atoms with van der Waals surface area (Å²) in [4.78, 5) is 18.9. The lowest BCUT2D eigenvalue weighted by atomic mass is 10.1. The number of anilines is 2. The first-order valence-electron chi connectivity index (χ1n) is 7.79. The van der Waals surface area contributed by atoms with E-state index in [1.165, 1.54) is 6.20 Å². The Hall–Kier alpha value is -2.27. The van der Waals surface area contributed by atoms with Crippen LogP contribution in [-0.4, -0.2) is 10.9 Å². The largest absolute Gasteiger partial charge is 0.361 e. The molecule has 1 aromatic heterocycles. The van der Waals surface area contributed by atoms with E-state index in [-0.39, 0.29) is 5.91 Å². The summed E-state index contributed by atoms with van der Waals surface area (Å²) in [6.45, 7) is 0. The summed E-state index contributed by atoms with van der Waals surface area (Å²) in [6.07, 6.45) is 1.07. The molecule has 1 atom stereocenters. The van der Waals surface area contributed by atoms with Gasteiger partial charge in [0.25, 0.3) is 5.91 Å². The van der Waals surface area contributed by atoms with Crippen molar-refractivity contribution >= 4 is 52.2 Å². The fourth-order valence-corrected chi connectivity index (χ4v) is 3.64. The summed E-state index contributed by atoms with van der Waals surface area (Å²) in [5, 5.41) is 4.86. The highest BCUT2D eigenvalue weighted by Gasteiger charge is 2.38. The molecule has 7 heteroatoms. The number of aromatic nitrogens is 1. The molecular weight excluding hydrogens is 393 g/mol. The molecule has 1 aliphatic heterocycles. The monoisotopic (exact) mass is 403 g/mol. The number of halogens is 3. The van der Waals surface area contributed by atoms with E-state index in [1.54, 1.807) is 41.3 Å². The molecule has 0 saturated heterocycles. The zero-order valence-electron chi connectivity index (χ0n) is 13.3. The lowest BCUT2D eigenvalue weighted by Crippen LogP contribution is -2.32. The molecule has 4 nitrogen and oxygen atoms in total. The van der Waals surface area contributed by atoms with Crippen LogP contribution in [0.4, 0.5) is 11.5 Å². The molecule has 26 heavy (non-hydrogen) atoms. The molecule has 130 valence electrons. The number of amides is 1. The van der Waals surface area contributed by atoms with Gasteiger partial charge in [-0.25, -0.2) is 4.98 Å². The Morgan fingerprint density at radius 1 is 0.923 bits per heavy atom. The normalized spacial score (nSPS) is 15.9. The van der Waals surface area contributed by atoms with E-state index in [0.717, 1.165) is 5.56 Å². The average Bonchev–Trinajstić information content (AvgIpc) is 2.88. The van der Waals surface area contributed by atoms with Gasteiger partial charge in [0.1, 0.15) is 12.0 Å². The second kappa shape index (κ2) is 6.80. The van der Waals surface area contributed by atoms with Crippen LogP contribution in [0.25, 0.3) is 0 Å². The topological polar surface area (TPSA) is 45.2 Å². The maximum atomic E-state index is 13.0. The summed E-state index contributed by atoms with van der Waals surface area (Å²) < 4.78 is 0. The Morgan fingerprint density at radius 3 is 2.35 bits per heavy atom. The van der Waals surface area contributed by atoms with Crippen molar-refractivity contribution in [3.8, 4) is 0 Å². The van der Waals surface area contributed by atoms with Gasteiger partial charge in [-0.05, 0) is 36.4 Å². The first-order chi connectivity index (χ1) is 12.5. The molecule has 0 fully saturated rings. The van der Waals surface area contributed by atoms with Crippen LogP contribution in [0.1, 0.15) is 22.1 Å². The minimum atomic E-state index is -0.443. The van der Waals surface area contributed by atoms with Crippen molar-refractivity contribution in [1.82, 2.24) is 4.98 Å². The molecule has 2 heterocycles. The third kappa shape index (κ3) is 3.12. The Balaban J connectivity index is 1.79. The van der Waals surface area contributed by atoms with Gasteiger partial charge in [0, 0.05) is 33.1 Å². The molecule has 0 radical (unpaired) electrons. The molecule has 0 saturated carbocycles. The third-order valence-electron chi connectivity index (χ3n) is 4.09. The highest BCUT2D eigenvalue weighted by molar-refractivity contribution is 6.35. The Kier molecular flexibility index (Phi) is 4.49. The van der Waals surface area contributed by atoms with Crippen LogP contribution in [0.2, 0.25) is 15.1 Å². The molecule has 2 aromatic carbocycles. The third-order valence-corrected chi connectivity index (χ3v) is 4.75. The summed E-state index contributed by atoms with van der Waals surface area (Å²) >= 11 is 18.1. The lowest BCUT2D eigenvalue weighted by molar-refractivity contribution is 0.0992. The van der Waals surface area contributed by atoms with Crippen LogP contribution in [-0.2, 0) is 0 Å². The van der Waals surface area contributed by atoms with Gasteiger partial charge in [0.15, 0.2) is 0 Å². The molecule has 1 aliphatic rings. The van der Waals surface area contributed by atoms with Gasteiger partial charge in [0.2, 0.25) is 0 Å². The van der Waals surface area contributed by atoms with Crippen LogP contribution < -0.4 is 10.2 Å². The first kappa shape index (κ1) is 17.2. The number of fused-ring (bicyclic) bond motifs is 1.